The zero-order valence-electron chi connectivity index (χ0n) is 14.9. The van der Waals surface area contributed by atoms with Gasteiger partial charge in [-0.1, -0.05) is 27.2 Å². The van der Waals surface area contributed by atoms with Crippen LogP contribution in [0.3, 0.4) is 0 Å². The summed E-state index contributed by atoms with van der Waals surface area (Å²) in [5, 5.41) is 28.9. The van der Waals surface area contributed by atoms with Crippen molar-refractivity contribution in [3.05, 3.63) is 0 Å². The van der Waals surface area contributed by atoms with E-state index in [0.29, 0.717) is 12.8 Å². The van der Waals surface area contributed by atoms with E-state index in [0.717, 1.165) is 7.11 Å². The van der Waals surface area contributed by atoms with Crippen molar-refractivity contribution in [2.75, 3.05) is 13.7 Å². The van der Waals surface area contributed by atoms with E-state index in [1.54, 1.807) is 0 Å². The highest BCUT2D eigenvalue weighted by Gasteiger charge is 2.69. The third-order valence-electron chi connectivity index (χ3n) is 4.60. The number of hydrogen-bond acceptors (Lipinski definition) is 6. The molecular formula is C16H26O9. The van der Waals surface area contributed by atoms with Gasteiger partial charge in [-0.2, -0.15) is 0 Å². The first-order valence-corrected chi connectivity index (χ1v) is 8.04. The second kappa shape index (κ2) is 9.36. The number of methoxy groups -OCH3 is 1. The van der Waals surface area contributed by atoms with Gasteiger partial charge in [0.05, 0.1) is 6.61 Å². The van der Waals surface area contributed by atoms with Crippen LogP contribution in [0.5, 0.6) is 0 Å². The maximum Gasteiger partial charge on any atom is 0.338 e. The number of carboxylic acid groups (broad SMARTS) is 3. The van der Waals surface area contributed by atoms with Crippen molar-refractivity contribution in [3.8, 4) is 0 Å². The fourth-order valence-corrected chi connectivity index (χ4v) is 3.08. The molecule has 0 heterocycles. The molecule has 0 aliphatic rings. The molecule has 2 atom stereocenters. The van der Waals surface area contributed by atoms with Crippen molar-refractivity contribution in [3.63, 3.8) is 0 Å². The summed E-state index contributed by atoms with van der Waals surface area (Å²) in [7, 11) is 0.881. The predicted octanol–water partition coefficient (Wildman–Crippen LogP) is 1.39. The third-order valence-corrected chi connectivity index (χ3v) is 4.60. The SMILES string of the molecule is CCCCOC(=O)C(C(=O)O)C(OC)(C(=O)O)C(CC)(CC)C(=O)O. The number of unbranched alkanes of at least 4 members (excludes halogenated alkanes) is 1. The summed E-state index contributed by atoms with van der Waals surface area (Å²) in [6.07, 6.45) is 0.606. The standard InChI is InChI=1S/C16H26O9/c1-5-8-9-25-12(19)10(11(17)18)16(24-4,14(22)23)15(6-2,7-3)13(20)21/h10H,5-9H2,1-4H3,(H,17,18)(H,20,21)(H,22,23). The summed E-state index contributed by atoms with van der Waals surface area (Å²) in [6.45, 7) is 4.52. The van der Waals surface area contributed by atoms with Crippen LogP contribution in [0.4, 0.5) is 0 Å². The van der Waals surface area contributed by atoms with Gasteiger partial charge in [0.15, 0.2) is 5.92 Å². The van der Waals surface area contributed by atoms with E-state index >= 15 is 0 Å². The zero-order valence-corrected chi connectivity index (χ0v) is 14.9. The molecule has 0 aliphatic heterocycles. The molecule has 0 amide bonds. The molecule has 0 radical (unpaired) electrons. The van der Waals surface area contributed by atoms with Crippen LogP contribution < -0.4 is 0 Å². The lowest BCUT2D eigenvalue weighted by Crippen LogP contribution is -2.66. The molecular weight excluding hydrogens is 336 g/mol. The Bertz CT molecular complexity index is 510. The highest BCUT2D eigenvalue weighted by atomic mass is 16.6. The summed E-state index contributed by atoms with van der Waals surface area (Å²) >= 11 is 0. The summed E-state index contributed by atoms with van der Waals surface area (Å²) in [5.74, 6) is -8.89. The van der Waals surface area contributed by atoms with Gasteiger partial charge in [0.1, 0.15) is 5.41 Å². The molecule has 0 saturated heterocycles. The largest absolute Gasteiger partial charge is 0.481 e. The summed E-state index contributed by atoms with van der Waals surface area (Å²) in [5.41, 5.74) is -4.96. The third kappa shape index (κ3) is 3.92. The topological polar surface area (TPSA) is 147 Å². The molecule has 144 valence electrons. The smallest absolute Gasteiger partial charge is 0.338 e. The summed E-state index contributed by atoms with van der Waals surface area (Å²) in [6, 6.07) is 0. The Kier molecular flexibility index (Phi) is 8.55. The molecule has 0 aliphatic carbocycles. The highest BCUT2D eigenvalue weighted by molar-refractivity contribution is 6.04. The maximum atomic E-state index is 12.3. The van der Waals surface area contributed by atoms with E-state index < -0.39 is 40.8 Å². The van der Waals surface area contributed by atoms with Gasteiger partial charge in [-0.15, -0.1) is 0 Å². The van der Waals surface area contributed by atoms with E-state index in [-0.39, 0.29) is 19.4 Å². The lowest BCUT2D eigenvalue weighted by molar-refractivity contribution is -0.217. The normalized spacial score (nSPS) is 15.0. The number of carboxylic acids is 3. The van der Waals surface area contributed by atoms with Crippen LogP contribution in [0, 0.1) is 11.3 Å². The van der Waals surface area contributed by atoms with E-state index in [4.69, 9.17) is 9.47 Å². The molecule has 0 rings (SSSR count). The number of esters is 1. The Morgan fingerprint density at radius 1 is 0.960 bits per heavy atom. The summed E-state index contributed by atoms with van der Waals surface area (Å²) < 4.78 is 9.87. The van der Waals surface area contributed by atoms with E-state index in [1.807, 2.05) is 6.92 Å². The number of carbonyl (C=O) groups excluding carboxylic acids is 1. The predicted molar refractivity (Wildman–Crippen MR) is 85.0 cm³/mol. The molecule has 0 aromatic heterocycles. The minimum Gasteiger partial charge on any atom is -0.481 e. The molecule has 2 unspecified atom stereocenters. The van der Waals surface area contributed by atoms with Crippen molar-refractivity contribution in [1.82, 2.24) is 0 Å². The Morgan fingerprint density at radius 2 is 1.48 bits per heavy atom. The van der Waals surface area contributed by atoms with Crippen molar-refractivity contribution in [2.24, 2.45) is 11.3 Å². The molecule has 9 heteroatoms. The van der Waals surface area contributed by atoms with Crippen LogP contribution in [-0.4, -0.2) is 58.5 Å². The van der Waals surface area contributed by atoms with Gasteiger partial charge in [0.25, 0.3) is 0 Å². The van der Waals surface area contributed by atoms with Gasteiger partial charge in [-0.25, -0.2) is 4.79 Å². The molecule has 0 aromatic carbocycles. The fraction of sp³-hybridized carbons (Fsp3) is 0.750. The molecule has 0 aromatic rings. The van der Waals surface area contributed by atoms with Gasteiger partial charge in [-0.3, -0.25) is 14.4 Å². The first-order chi connectivity index (χ1) is 11.6. The number of carbonyl (C=O) groups is 4. The monoisotopic (exact) mass is 362 g/mol. The molecule has 3 N–H and O–H groups in total. The molecule has 0 fully saturated rings. The quantitative estimate of drug-likeness (QED) is 0.266. The Hall–Kier alpha value is -2.16. The van der Waals surface area contributed by atoms with Crippen molar-refractivity contribution in [2.45, 2.75) is 52.1 Å². The molecule has 0 saturated carbocycles. The minimum atomic E-state index is -2.82. The van der Waals surface area contributed by atoms with E-state index in [2.05, 4.69) is 0 Å². The average molecular weight is 362 g/mol. The first kappa shape index (κ1) is 22.8. The van der Waals surface area contributed by atoms with Crippen LogP contribution >= 0.6 is 0 Å². The Morgan fingerprint density at radius 3 is 1.76 bits per heavy atom. The number of ether oxygens (including phenoxy) is 2. The number of rotatable bonds is 12. The van der Waals surface area contributed by atoms with Gasteiger partial charge in [0.2, 0.25) is 5.60 Å². The number of hydrogen-bond donors (Lipinski definition) is 3. The average Bonchev–Trinajstić information content (AvgIpc) is 2.54. The van der Waals surface area contributed by atoms with Crippen molar-refractivity contribution in [1.29, 1.82) is 0 Å². The Balaban J connectivity index is 6.45. The fourth-order valence-electron chi connectivity index (χ4n) is 3.08. The van der Waals surface area contributed by atoms with E-state index in [9.17, 15) is 34.5 Å². The molecule has 0 bridgehead atoms. The second-order valence-corrected chi connectivity index (χ2v) is 5.63. The highest BCUT2D eigenvalue weighted by Crippen LogP contribution is 2.47. The van der Waals surface area contributed by atoms with Crippen LogP contribution in [0.15, 0.2) is 0 Å². The lowest BCUT2D eigenvalue weighted by Gasteiger charge is -2.44. The van der Waals surface area contributed by atoms with Crippen LogP contribution in [0.1, 0.15) is 46.5 Å². The van der Waals surface area contributed by atoms with Crippen LogP contribution in [0.2, 0.25) is 0 Å². The van der Waals surface area contributed by atoms with Gasteiger partial charge >= 0.3 is 23.9 Å². The van der Waals surface area contributed by atoms with Crippen LogP contribution in [-0.2, 0) is 28.7 Å². The lowest BCUT2D eigenvalue weighted by atomic mass is 9.62. The van der Waals surface area contributed by atoms with Crippen LogP contribution in [0.25, 0.3) is 0 Å². The first-order valence-electron chi connectivity index (χ1n) is 8.04. The minimum absolute atomic E-state index is 0.100. The van der Waals surface area contributed by atoms with Crippen molar-refractivity contribution < 1.29 is 44.0 Å². The Labute approximate surface area is 145 Å². The zero-order chi connectivity index (χ0) is 19.8. The summed E-state index contributed by atoms with van der Waals surface area (Å²) in [4.78, 5) is 48.0. The molecule has 0 spiro atoms. The van der Waals surface area contributed by atoms with Gasteiger partial charge < -0.3 is 24.8 Å². The van der Waals surface area contributed by atoms with Crippen molar-refractivity contribution >= 4 is 23.9 Å². The maximum absolute atomic E-state index is 12.3. The number of aliphatic carboxylic acids is 3. The molecule has 25 heavy (non-hydrogen) atoms. The van der Waals surface area contributed by atoms with Gasteiger partial charge in [-0.05, 0) is 19.3 Å². The second-order valence-electron chi connectivity index (χ2n) is 5.63. The van der Waals surface area contributed by atoms with E-state index in [1.165, 1.54) is 13.8 Å². The van der Waals surface area contributed by atoms with Gasteiger partial charge in [0, 0.05) is 7.11 Å². The molecule has 9 nitrogen and oxygen atoms in total.